The number of carbonyl (C=O) groups is 1. The number of benzene rings is 1. The van der Waals surface area contributed by atoms with Crippen molar-refractivity contribution in [2.24, 2.45) is 0 Å². The first-order valence-electron chi connectivity index (χ1n) is 5.60. The van der Waals surface area contributed by atoms with E-state index < -0.39 is 11.8 Å². The highest BCUT2D eigenvalue weighted by Crippen LogP contribution is 2.45. The van der Waals surface area contributed by atoms with Crippen molar-refractivity contribution in [2.45, 2.75) is 18.8 Å². The minimum absolute atomic E-state index is 0.260. The second-order valence-corrected chi connectivity index (χ2v) is 5.37. The smallest absolute Gasteiger partial charge is 0.338 e. The van der Waals surface area contributed by atoms with Gasteiger partial charge in [0, 0.05) is 0 Å². The fourth-order valence-electron chi connectivity index (χ4n) is 2.04. The molecular formula is C13H10FNO2S. The monoisotopic (exact) mass is 263 g/mol. The molecule has 3 rings (SSSR count). The average molecular weight is 263 g/mol. The van der Waals surface area contributed by atoms with Gasteiger partial charge in [-0.1, -0.05) is 6.58 Å². The Morgan fingerprint density at radius 2 is 2.33 bits per heavy atom. The molecule has 1 fully saturated rings. The van der Waals surface area contributed by atoms with Crippen LogP contribution >= 0.6 is 11.3 Å². The predicted octanol–water partition coefficient (Wildman–Crippen LogP) is 3.65. The summed E-state index contributed by atoms with van der Waals surface area (Å²) in [6.45, 7) is 3.61. The Kier molecular flexibility index (Phi) is 2.45. The number of carboxylic acids is 1. The Labute approximate surface area is 107 Å². The van der Waals surface area contributed by atoms with Gasteiger partial charge in [0.1, 0.15) is 5.01 Å². The summed E-state index contributed by atoms with van der Waals surface area (Å²) >= 11 is 1.15. The summed E-state index contributed by atoms with van der Waals surface area (Å²) in [4.78, 5) is 15.4. The number of fused-ring (bicyclic) bond motifs is 1. The molecule has 0 radical (unpaired) electrons. The van der Waals surface area contributed by atoms with Gasteiger partial charge in [0.25, 0.3) is 0 Å². The number of aromatic carboxylic acids is 1. The third kappa shape index (κ3) is 1.62. The van der Waals surface area contributed by atoms with Gasteiger partial charge in [0.15, 0.2) is 5.82 Å². The number of rotatable bonds is 3. The molecule has 1 heterocycles. The second kappa shape index (κ2) is 3.88. The van der Waals surface area contributed by atoms with Crippen LogP contribution in [0, 0.1) is 5.82 Å². The van der Waals surface area contributed by atoms with E-state index in [-0.39, 0.29) is 5.56 Å². The zero-order valence-electron chi connectivity index (χ0n) is 9.44. The summed E-state index contributed by atoms with van der Waals surface area (Å²) in [6.07, 6.45) is 3.59. The van der Waals surface area contributed by atoms with Crippen molar-refractivity contribution < 1.29 is 14.3 Å². The maximum atomic E-state index is 14.1. The average Bonchev–Trinajstić information content (AvgIpc) is 3.07. The zero-order chi connectivity index (χ0) is 12.9. The largest absolute Gasteiger partial charge is 0.478 e. The molecule has 0 atom stereocenters. The van der Waals surface area contributed by atoms with Crippen LogP contribution in [0.4, 0.5) is 4.39 Å². The number of nitrogens with zero attached hydrogens (tertiary/aromatic N) is 1. The third-order valence-electron chi connectivity index (χ3n) is 3.08. The molecule has 0 unspecified atom stereocenters. The summed E-state index contributed by atoms with van der Waals surface area (Å²) in [5.74, 6) is -1.59. The first-order valence-corrected chi connectivity index (χ1v) is 6.42. The Hall–Kier alpha value is -1.75. The van der Waals surface area contributed by atoms with Gasteiger partial charge in [-0.15, -0.1) is 11.3 Å². The van der Waals surface area contributed by atoms with Crippen molar-refractivity contribution in [3.63, 3.8) is 0 Å². The lowest BCUT2D eigenvalue weighted by molar-refractivity contribution is 0.0692. The van der Waals surface area contributed by atoms with Crippen LogP contribution in [-0.2, 0) is 0 Å². The van der Waals surface area contributed by atoms with Gasteiger partial charge in [-0.2, -0.15) is 0 Å². The normalized spacial score (nSPS) is 14.9. The fraction of sp³-hybridized carbons (Fsp3) is 0.231. The summed E-state index contributed by atoms with van der Waals surface area (Å²) in [6, 6.07) is 1.43. The summed E-state index contributed by atoms with van der Waals surface area (Å²) in [5, 5.41) is 9.66. The van der Waals surface area contributed by atoms with E-state index in [9.17, 15) is 9.18 Å². The highest BCUT2D eigenvalue weighted by molar-refractivity contribution is 7.19. The number of hydrogen-bond donors (Lipinski definition) is 1. The van der Waals surface area contributed by atoms with Gasteiger partial charge >= 0.3 is 5.97 Å². The van der Waals surface area contributed by atoms with E-state index >= 15 is 0 Å². The van der Waals surface area contributed by atoms with Crippen LogP contribution < -0.4 is 0 Å². The van der Waals surface area contributed by atoms with Gasteiger partial charge in [0.05, 0.1) is 15.8 Å². The van der Waals surface area contributed by atoms with E-state index in [1.807, 2.05) is 0 Å². The summed E-state index contributed by atoms with van der Waals surface area (Å²) in [5.41, 5.74) is 1.19. The summed E-state index contributed by atoms with van der Waals surface area (Å²) in [7, 11) is 0. The lowest BCUT2D eigenvalue weighted by atomic mass is 10.0. The highest BCUT2D eigenvalue weighted by Gasteiger charge is 2.30. The predicted molar refractivity (Wildman–Crippen MR) is 68.6 cm³/mol. The van der Waals surface area contributed by atoms with Crippen LogP contribution in [0.15, 0.2) is 12.6 Å². The van der Waals surface area contributed by atoms with Crippen LogP contribution in [0.3, 0.4) is 0 Å². The summed E-state index contributed by atoms with van der Waals surface area (Å²) < 4.78 is 14.4. The number of aromatic nitrogens is 1. The van der Waals surface area contributed by atoms with Gasteiger partial charge in [0.2, 0.25) is 0 Å². The lowest BCUT2D eigenvalue weighted by Crippen LogP contribution is -2.02. The molecule has 3 nitrogen and oxygen atoms in total. The molecule has 92 valence electrons. The highest BCUT2D eigenvalue weighted by atomic mass is 32.1. The molecule has 0 spiro atoms. The topological polar surface area (TPSA) is 50.2 Å². The molecule has 1 aromatic heterocycles. The van der Waals surface area contributed by atoms with Crippen molar-refractivity contribution in [3.8, 4) is 0 Å². The van der Waals surface area contributed by atoms with E-state index in [0.29, 0.717) is 21.1 Å². The number of halogens is 1. The van der Waals surface area contributed by atoms with Gasteiger partial charge in [-0.25, -0.2) is 14.2 Å². The van der Waals surface area contributed by atoms with E-state index in [0.717, 1.165) is 29.7 Å². The molecule has 1 N–H and O–H groups in total. The minimum atomic E-state index is -1.23. The molecule has 1 aliphatic rings. The van der Waals surface area contributed by atoms with Crippen molar-refractivity contribution in [1.29, 1.82) is 0 Å². The molecule has 1 aromatic carbocycles. The van der Waals surface area contributed by atoms with Gasteiger partial charge < -0.3 is 5.11 Å². The molecule has 5 heteroatoms. The number of hydrogen-bond acceptors (Lipinski definition) is 3. The third-order valence-corrected chi connectivity index (χ3v) is 4.12. The molecule has 1 aliphatic carbocycles. The van der Waals surface area contributed by atoms with Crippen molar-refractivity contribution in [2.75, 3.05) is 0 Å². The molecule has 0 bridgehead atoms. The standard InChI is InChI=1S/C13H10FNO2S/c1-2-9-15-11-7(6-3-4-6)5-8(13(16)17)10(14)12(11)18-9/h2,5-6H,1,3-4H2,(H,16,17). The molecule has 0 amide bonds. The maximum Gasteiger partial charge on any atom is 0.338 e. The van der Waals surface area contributed by atoms with Crippen molar-refractivity contribution in [3.05, 3.63) is 34.6 Å². The van der Waals surface area contributed by atoms with Gasteiger partial charge in [-0.05, 0) is 36.5 Å². The van der Waals surface area contributed by atoms with E-state index in [1.54, 1.807) is 6.08 Å². The van der Waals surface area contributed by atoms with E-state index in [1.165, 1.54) is 6.07 Å². The van der Waals surface area contributed by atoms with Crippen molar-refractivity contribution in [1.82, 2.24) is 4.98 Å². The fourth-order valence-corrected chi connectivity index (χ4v) is 2.93. The van der Waals surface area contributed by atoms with Crippen molar-refractivity contribution >= 4 is 33.6 Å². The van der Waals surface area contributed by atoms with E-state index in [2.05, 4.69) is 11.6 Å². The van der Waals surface area contributed by atoms with E-state index in [4.69, 9.17) is 5.11 Å². The lowest BCUT2D eigenvalue weighted by Gasteiger charge is -2.04. The van der Waals surface area contributed by atoms with Crippen LogP contribution in [0.1, 0.15) is 39.7 Å². The molecule has 2 aromatic rings. The molecule has 0 aliphatic heterocycles. The quantitative estimate of drug-likeness (QED) is 0.919. The number of carboxylic acid groups (broad SMARTS) is 1. The number of thiazole rings is 1. The molecule has 1 saturated carbocycles. The SMILES string of the molecule is C=Cc1nc2c(C3CC3)cc(C(=O)O)c(F)c2s1. The Bertz CT molecular complexity index is 673. The van der Waals surface area contributed by atoms with Gasteiger partial charge in [-0.3, -0.25) is 0 Å². The first kappa shape index (κ1) is 11.3. The Morgan fingerprint density at radius 3 is 2.89 bits per heavy atom. The maximum absolute atomic E-state index is 14.1. The first-order chi connectivity index (χ1) is 8.61. The molecular weight excluding hydrogens is 253 g/mol. The minimum Gasteiger partial charge on any atom is -0.478 e. The van der Waals surface area contributed by atoms with Crippen LogP contribution in [0.2, 0.25) is 0 Å². The Morgan fingerprint density at radius 1 is 1.61 bits per heavy atom. The zero-order valence-corrected chi connectivity index (χ0v) is 10.3. The molecule has 0 saturated heterocycles. The van der Waals surface area contributed by atoms with Crippen LogP contribution in [0.25, 0.3) is 16.3 Å². The van der Waals surface area contributed by atoms with Crippen LogP contribution in [-0.4, -0.2) is 16.1 Å². The Balaban J connectivity index is 2.36. The second-order valence-electron chi connectivity index (χ2n) is 4.34. The molecule has 18 heavy (non-hydrogen) atoms. The van der Waals surface area contributed by atoms with Crippen LogP contribution in [0.5, 0.6) is 0 Å².